The summed E-state index contributed by atoms with van der Waals surface area (Å²) in [6, 6.07) is 0.373. The van der Waals surface area contributed by atoms with Crippen LogP contribution < -0.4 is 5.32 Å². The first-order valence-corrected chi connectivity index (χ1v) is 10.6. The number of carbonyl (C=O) groups is 2. The number of hydrogen-bond acceptors (Lipinski definition) is 5. The molecule has 0 radical (unpaired) electrons. The van der Waals surface area contributed by atoms with Crippen molar-refractivity contribution in [2.24, 2.45) is 13.0 Å². The van der Waals surface area contributed by atoms with Crippen molar-refractivity contribution >= 4 is 36.6 Å². The summed E-state index contributed by atoms with van der Waals surface area (Å²) in [5.41, 5.74) is 0. The quantitative estimate of drug-likeness (QED) is 0.711. The highest BCUT2D eigenvalue weighted by Gasteiger charge is 2.41. The zero-order valence-corrected chi connectivity index (χ0v) is 19.5. The maximum absolute atomic E-state index is 13.3. The summed E-state index contributed by atoms with van der Waals surface area (Å²) < 4.78 is 1.98. The number of hydrogen-bond donors (Lipinski definition) is 1. The molecule has 0 bridgehead atoms. The summed E-state index contributed by atoms with van der Waals surface area (Å²) in [5, 5.41) is 3.37. The molecule has 3 aliphatic rings. The molecule has 0 saturated carbocycles. The number of likely N-dealkylation sites (N-methyl/N-ethyl adjacent to an activating group) is 1. The van der Waals surface area contributed by atoms with Crippen molar-refractivity contribution in [2.75, 3.05) is 45.8 Å². The summed E-state index contributed by atoms with van der Waals surface area (Å²) in [5.74, 6) is 0.894. The van der Waals surface area contributed by atoms with Crippen LogP contribution in [0.1, 0.15) is 38.1 Å². The lowest BCUT2D eigenvalue weighted by Crippen LogP contribution is -2.51. The van der Waals surface area contributed by atoms with Gasteiger partial charge in [-0.25, -0.2) is 4.98 Å². The lowest BCUT2D eigenvalue weighted by molar-refractivity contribution is -0.139. The number of nitrogens with zero attached hydrogens (tertiary/aromatic N) is 5. The molecule has 3 fully saturated rings. The van der Waals surface area contributed by atoms with Crippen LogP contribution in [0.25, 0.3) is 0 Å². The van der Waals surface area contributed by atoms with Crippen LogP contribution >= 0.6 is 24.8 Å². The average molecular weight is 461 g/mol. The van der Waals surface area contributed by atoms with Crippen LogP contribution in [0.3, 0.4) is 0 Å². The highest BCUT2D eigenvalue weighted by atomic mass is 35.5. The molecule has 170 valence electrons. The Kier molecular flexibility index (Phi) is 8.97. The van der Waals surface area contributed by atoms with E-state index in [1.54, 1.807) is 6.20 Å². The molecule has 30 heavy (non-hydrogen) atoms. The monoisotopic (exact) mass is 460 g/mol. The minimum Gasteiger partial charge on any atom is -0.340 e. The number of rotatable bonds is 5. The highest BCUT2D eigenvalue weighted by molar-refractivity contribution is 5.89. The first-order valence-electron chi connectivity index (χ1n) is 10.6. The lowest BCUT2D eigenvalue weighted by Gasteiger charge is -2.37. The molecule has 0 aliphatic carbocycles. The third kappa shape index (κ3) is 4.93. The fourth-order valence-electron chi connectivity index (χ4n) is 5.02. The van der Waals surface area contributed by atoms with Gasteiger partial charge in [-0.1, -0.05) is 6.92 Å². The van der Waals surface area contributed by atoms with E-state index < -0.39 is 0 Å². The third-order valence-corrected chi connectivity index (χ3v) is 6.58. The van der Waals surface area contributed by atoms with Crippen LogP contribution in [0.4, 0.5) is 0 Å². The Morgan fingerprint density at radius 3 is 2.80 bits per heavy atom. The number of likely N-dealkylation sites (tertiary alicyclic amines) is 2. The van der Waals surface area contributed by atoms with Crippen LogP contribution in [-0.4, -0.2) is 87.9 Å². The number of nitrogens with one attached hydrogen (secondary N) is 1. The lowest BCUT2D eigenvalue weighted by atomic mass is 10.0. The van der Waals surface area contributed by atoms with Gasteiger partial charge in [-0.15, -0.1) is 24.8 Å². The van der Waals surface area contributed by atoms with Gasteiger partial charge in [-0.3, -0.25) is 14.5 Å². The van der Waals surface area contributed by atoms with Gasteiger partial charge in [-0.05, 0) is 25.9 Å². The smallest absolute Gasteiger partial charge is 0.228 e. The number of carbonyl (C=O) groups excluding carboxylic acids is 2. The Bertz CT molecular complexity index is 730. The van der Waals surface area contributed by atoms with Crippen molar-refractivity contribution < 1.29 is 9.59 Å². The molecular weight excluding hydrogens is 427 g/mol. The van der Waals surface area contributed by atoms with Crippen LogP contribution in [0.15, 0.2) is 12.4 Å². The Morgan fingerprint density at radius 2 is 2.10 bits per heavy atom. The molecule has 1 N–H and O–H groups in total. The zero-order chi connectivity index (χ0) is 19.7. The molecule has 3 unspecified atom stereocenters. The number of halogens is 2. The Balaban J connectivity index is 0.00000160. The van der Waals surface area contributed by atoms with E-state index >= 15 is 0 Å². The Labute approximate surface area is 191 Å². The maximum atomic E-state index is 13.3. The van der Waals surface area contributed by atoms with Crippen molar-refractivity contribution in [1.82, 2.24) is 29.6 Å². The molecule has 4 rings (SSSR count). The third-order valence-electron chi connectivity index (χ3n) is 6.58. The van der Waals surface area contributed by atoms with E-state index in [9.17, 15) is 9.59 Å². The van der Waals surface area contributed by atoms with Crippen molar-refractivity contribution in [3.63, 3.8) is 0 Å². The molecule has 3 aliphatic heterocycles. The van der Waals surface area contributed by atoms with Gasteiger partial charge >= 0.3 is 0 Å². The van der Waals surface area contributed by atoms with E-state index in [1.807, 2.05) is 27.6 Å². The van der Waals surface area contributed by atoms with Gasteiger partial charge in [0.2, 0.25) is 11.8 Å². The molecule has 3 saturated heterocycles. The second-order valence-corrected chi connectivity index (χ2v) is 8.27. The first-order chi connectivity index (χ1) is 13.6. The van der Waals surface area contributed by atoms with E-state index in [2.05, 4.69) is 22.1 Å². The summed E-state index contributed by atoms with van der Waals surface area (Å²) in [6.45, 7) is 7.80. The fourth-order valence-corrected chi connectivity index (χ4v) is 5.02. The second-order valence-electron chi connectivity index (χ2n) is 8.27. The number of imidazole rings is 1. The van der Waals surface area contributed by atoms with Crippen LogP contribution in [-0.2, 0) is 16.6 Å². The van der Waals surface area contributed by atoms with Gasteiger partial charge in [0.15, 0.2) is 0 Å². The van der Waals surface area contributed by atoms with E-state index in [1.165, 1.54) is 6.42 Å². The minimum absolute atomic E-state index is 0. The van der Waals surface area contributed by atoms with Gasteiger partial charge in [0.1, 0.15) is 11.9 Å². The van der Waals surface area contributed by atoms with Crippen molar-refractivity contribution in [2.45, 2.75) is 38.3 Å². The normalized spacial score (nSPS) is 27.1. The molecule has 0 aromatic carbocycles. The predicted octanol–water partition coefficient (Wildman–Crippen LogP) is 1.07. The van der Waals surface area contributed by atoms with Gasteiger partial charge in [0, 0.05) is 64.6 Å². The van der Waals surface area contributed by atoms with Crippen molar-refractivity contribution in [3.8, 4) is 0 Å². The molecule has 2 amide bonds. The highest BCUT2D eigenvalue weighted by Crippen LogP contribution is 2.28. The zero-order valence-electron chi connectivity index (χ0n) is 17.8. The van der Waals surface area contributed by atoms with E-state index in [0.29, 0.717) is 32.1 Å². The summed E-state index contributed by atoms with van der Waals surface area (Å²) in [4.78, 5) is 36.7. The standard InChI is InChI=1S/C20H32N6O2.2ClH/c1-3-24-8-4-5-16(24)14-25-13-15(11-18(25)27)20(28)26-10-6-21-12-17(26)19-22-7-9-23(19)2;;/h7,9,15-17,21H,3-6,8,10-14H2,1-2H3;2*1H. The molecule has 1 aromatic heterocycles. The maximum Gasteiger partial charge on any atom is 0.228 e. The first kappa shape index (κ1) is 24.9. The predicted molar refractivity (Wildman–Crippen MR) is 120 cm³/mol. The summed E-state index contributed by atoms with van der Waals surface area (Å²) >= 11 is 0. The average Bonchev–Trinajstić information content (AvgIpc) is 3.42. The van der Waals surface area contributed by atoms with E-state index in [4.69, 9.17) is 0 Å². The molecule has 3 atom stereocenters. The molecule has 1 aromatic rings. The Hall–Kier alpha value is -1.35. The van der Waals surface area contributed by atoms with Crippen molar-refractivity contribution in [1.29, 1.82) is 0 Å². The van der Waals surface area contributed by atoms with Crippen LogP contribution in [0, 0.1) is 5.92 Å². The summed E-state index contributed by atoms with van der Waals surface area (Å²) in [7, 11) is 1.96. The minimum atomic E-state index is -0.232. The van der Waals surface area contributed by atoms with Gasteiger partial charge in [0.25, 0.3) is 0 Å². The van der Waals surface area contributed by atoms with Crippen LogP contribution in [0.5, 0.6) is 0 Å². The summed E-state index contributed by atoms with van der Waals surface area (Å²) in [6.07, 6.45) is 6.38. The SMILES string of the molecule is CCN1CCCC1CN1CC(C(=O)N2CCNCC2c2nccn2C)CC1=O.Cl.Cl. The number of piperazine rings is 1. The van der Waals surface area contributed by atoms with Gasteiger partial charge < -0.3 is 19.7 Å². The van der Waals surface area contributed by atoms with E-state index in [-0.39, 0.29) is 48.6 Å². The number of amides is 2. The molecule has 4 heterocycles. The fraction of sp³-hybridized carbons (Fsp3) is 0.750. The second kappa shape index (κ2) is 10.8. The molecule has 0 spiro atoms. The molecular formula is C20H34Cl2N6O2. The topological polar surface area (TPSA) is 73.7 Å². The molecule has 10 heteroatoms. The van der Waals surface area contributed by atoms with Gasteiger partial charge in [-0.2, -0.15) is 0 Å². The van der Waals surface area contributed by atoms with E-state index in [0.717, 1.165) is 38.4 Å². The number of aryl methyl sites for hydroxylation is 1. The Morgan fingerprint density at radius 1 is 1.30 bits per heavy atom. The van der Waals surface area contributed by atoms with Crippen LogP contribution in [0.2, 0.25) is 0 Å². The number of aromatic nitrogens is 2. The van der Waals surface area contributed by atoms with Gasteiger partial charge in [0.05, 0.1) is 5.92 Å². The largest absolute Gasteiger partial charge is 0.340 e. The van der Waals surface area contributed by atoms with Crippen molar-refractivity contribution in [3.05, 3.63) is 18.2 Å². The molecule has 8 nitrogen and oxygen atoms in total.